The molecule has 0 amide bonds. The van der Waals surface area contributed by atoms with E-state index >= 15 is 0 Å². The van der Waals surface area contributed by atoms with Gasteiger partial charge in [0.25, 0.3) is 0 Å². The number of halogens is 1. The fraction of sp³-hybridized carbons (Fsp3) is 0.458. The van der Waals surface area contributed by atoms with Crippen LogP contribution in [-0.4, -0.2) is 44.3 Å². The second-order valence-corrected chi connectivity index (χ2v) is 7.68. The SMILES string of the molecule is CN=C(NCc1ccc(COC2CCOCC2)cc1)N(C)Cc1ccc(C)cc1.I. The average molecular weight is 523 g/mol. The number of nitrogens with one attached hydrogen (secondary N) is 1. The highest BCUT2D eigenvalue weighted by molar-refractivity contribution is 14.0. The van der Waals surface area contributed by atoms with E-state index in [9.17, 15) is 0 Å². The molecule has 2 aromatic rings. The van der Waals surface area contributed by atoms with Crippen molar-refractivity contribution >= 4 is 29.9 Å². The minimum atomic E-state index is 0. The van der Waals surface area contributed by atoms with Crippen LogP contribution >= 0.6 is 24.0 Å². The van der Waals surface area contributed by atoms with E-state index in [1.54, 1.807) is 0 Å². The minimum Gasteiger partial charge on any atom is -0.381 e. The van der Waals surface area contributed by atoms with Gasteiger partial charge in [0.1, 0.15) is 0 Å². The van der Waals surface area contributed by atoms with Crippen LogP contribution in [-0.2, 0) is 29.2 Å². The number of nitrogens with zero attached hydrogens (tertiary/aromatic N) is 2. The molecular weight excluding hydrogens is 489 g/mol. The van der Waals surface area contributed by atoms with Gasteiger partial charge in [-0.15, -0.1) is 24.0 Å². The summed E-state index contributed by atoms with van der Waals surface area (Å²) in [6, 6.07) is 17.2. The molecule has 1 fully saturated rings. The van der Waals surface area contributed by atoms with Crippen LogP contribution in [0.15, 0.2) is 53.5 Å². The van der Waals surface area contributed by atoms with Crippen LogP contribution in [0.5, 0.6) is 0 Å². The van der Waals surface area contributed by atoms with Crippen molar-refractivity contribution in [2.75, 3.05) is 27.3 Å². The van der Waals surface area contributed by atoms with Crippen LogP contribution in [0.25, 0.3) is 0 Å². The third kappa shape index (κ3) is 7.89. The van der Waals surface area contributed by atoms with E-state index < -0.39 is 0 Å². The summed E-state index contributed by atoms with van der Waals surface area (Å²) >= 11 is 0. The summed E-state index contributed by atoms with van der Waals surface area (Å²) in [5, 5.41) is 3.45. The van der Waals surface area contributed by atoms with Crippen LogP contribution in [0.3, 0.4) is 0 Å². The summed E-state index contributed by atoms with van der Waals surface area (Å²) in [6.07, 6.45) is 2.33. The maximum atomic E-state index is 6.00. The summed E-state index contributed by atoms with van der Waals surface area (Å²) in [4.78, 5) is 6.56. The molecule has 0 atom stereocenters. The van der Waals surface area contributed by atoms with E-state index in [0.717, 1.165) is 45.1 Å². The summed E-state index contributed by atoms with van der Waals surface area (Å²) in [5.74, 6) is 0.887. The number of hydrogen-bond acceptors (Lipinski definition) is 3. The lowest BCUT2D eigenvalue weighted by Crippen LogP contribution is -2.38. The summed E-state index contributed by atoms with van der Waals surface area (Å²) in [6.45, 7) is 5.97. The Morgan fingerprint density at radius 2 is 1.63 bits per heavy atom. The molecule has 3 rings (SSSR count). The molecule has 164 valence electrons. The van der Waals surface area contributed by atoms with Gasteiger partial charge in [-0.05, 0) is 36.5 Å². The van der Waals surface area contributed by atoms with E-state index in [-0.39, 0.29) is 24.0 Å². The van der Waals surface area contributed by atoms with Gasteiger partial charge in [-0.1, -0.05) is 54.1 Å². The van der Waals surface area contributed by atoms with Crippen molar-refractivity contribution in [3.05, 3.63) is 70.8 Å². The Morgan fingerprint density at radius 1 is 1.03 bits per heavy atom. The van der Waals surface area contributed by atoms with Gasteiger partial charge in [-0.2, -0.15) is 0 Å². The Balaban J connectivity index is 0.00000320. The minimum absolute atomic E-state index is 0. The van der Waals surface area contributed by atoms with Gasteiger partial charge in [-0.3, -0.25) is 4.99 Å². The Labute approximate surface area is 197 Å². The summed E-state index contributed by atoms with van der Waals surface area (Å²) < 4.78 is 11.4. The monoisotopic (exact) mass is 523 g/mol. The Morgan fingerprint density at radius 3 is 2.27 bits per heavy atom. The standard InChI is InChI=1S/C24H33N3O2.HI/c1-19-4-6-21(7-5-19)17-27(3)24(25-2)26-16-20-8-10-22(11-9-20)18-29-23-12-14-28-15-13-23;/h4-11,23H,12-18H2,1-3H3,(H,25,26);1H. The Bertz CT molecular complexity index is 772. The van der Waals surface area contributed by atoms with E-state index in [1.165, 1.54) is 22.3 Å². The smallest absolute Gasteiger partial charge is 0.193 e. The number of ether oxygens (including phenoxy) is 2. The van der Waals surface area contributed by atoms with E-state index in [4.69, 9.17) is 9.47 Å². The lowest BCUT2D eigenvalue weighted by molar-refractivity contribution is -0.0390. The van der Waals surface area contributed by atoms with E-state index in [1.807, 2.05) is 7.05 Å². The Hall–Kier alpha value is -1.64. The van der Waals surface area contributed by atoms with Crippen molar-refractivity contribution in [3.63, 3.8) is 0 Å². The van der Waals surface area contributed by atoms with Crippen molar-refractivity contribution in [2.24, 2.45) is 4.99 Å². The molecular formula is C24H34IN3O2. The second-order valence-electron chi connectivity index (χ2n) is 7.68. The lowest BCUT2D eigenvalue weighted by atomic mass is 10.1. The van der Waals surface area contributed by atoms with Crippen molar-refractivity contribution in [1.82, 2.24) is 10.2 Å². The maximum Gasteiger partial charge on any atom is 0.193 e. The third-order valence-corrected chi connectivity index (χ3v) is 5.24. The molecule has 1 aliphatic rings. The third-order valence-electron chi connectivity index (χ3n) is 5.24. The highest BCUT2D eigenvalue weighted by Gasteiger charge is 2.14. The highest BCUT2D eigenvalue weighted by atomic mass is 127. The van der Waals surface area contributed by atoms with Gasteiger partial charge < -0.3 is 19.7 Å². The zero-order valence-corrected chi connectivity index (χ0v) is 20.6. The fourth-order valence-electron chi connectivity index (χ4n) is 3.42. The molecule has 0 aliphatic carbocycles. The predicted octanol–water partition coefficient (Wildman–Crippen LogP) is 4.52. The highest BCUT2D eigenvalue weighted by Crippen LogP contribution is 2.14. The number of aryl methyl sites for hydroxylation is 1. The predicted molar refractivity (Wildman–Crippen MR) is 133 cm³/mol. The van der Waals surface area contributed by atoms with Crippen molar-refractivity contribution in [3.8, 4) is 0 Å². The Kier molecular flexibility index (Phi) is 10.6. The molecule has 1 heterocycles. The number of rotatable bonds is 7. The van der Waals surface area contributed by atoms with Crippen molar-refractivity contribution < 1.29 is 9.47 Å². The maximum absolute atomic E-state index is 6.00. The lowest BCUT2D eigenvalue weighted by Gasteiger charge is -2.23. The number of hydrogen-bond donors (Lipinski definition) is 1. The molecule has 0 radical (unpaired) electrons. The molecule has 0 bridgehead atoms. The topological polar surface area (TPSA) is 46.1 Å². The van der Waals surface area contributed by atoms with Gasteiger partial charge in [-0.25, -0.2) is 0 Å². The van der Waals surface area contributed by atoms with Gasteiger partial charge in [0, 0.05) is 40.4 Å². The van der Waals surface area contributed by atoms with Gasteiger partial charge in [0.2, 0.25) is 0 Å². The quantitative estimate of drug-likeness (QED) is 0.330. The van der Waals surface area contributed by atoms with E-state index in [0.29, 0.717) is 12.7 Å². The van der Waals surface area contributed by atoms with Crippen molar-refractivity contribution in [2.45, 2.75) is 45.6 Å². The number of benzene rings is 2. The van der Waals surface area contributed by atoms with Crippen molar-refractivity contribution in [1.29, 1.82) is 0 Å². The van der Waals surface area contributed by atoms with Crippen LogP contribution in [0.4, 0.5) is 0 Å². The van der Waals surface area contributed by atoms with Gasteiger partial charge in [0.05, 0.1) is 12.7 Å². The second kappa shape index (κ2) is 12.9. The fourth-order valence-corrected chi connectivity index (χ4v) is 3.42. The van der Waals surface area contributed by atoms with Crippen LogP contribution in [0.1, 0.15) is 35.1 Å². The molecule has 1 saturated heterocycles. The molecule has 0 spiro atoms. The first-order valence-corrected chi connectivity index (χ1v) is 10.4. The van der Waals surface area contributed by atoms with Crippen LogP contribution < -0.4 is 5.32 Å². The summed E-state index contributed by atoms with van der Waals surface area (Å²) in [7, 11) is 3.89. The molecule has 30 heavy (non-hydrogen) atoms. The molecule has 0 aromatic heterocycles. The van der Waals surface area contributed by atoms with Crippen LogP contribution in [0.2, 0.25) is 0 Å². The van der Waals surface area contributed by atoms with E-state index in [2.05, 4.69) is 77.7 Å². The van der Waals surface area contributed by atoms with Gasteiger partial charge in [0.15, 0.2) is 5.96 Å². The first-order chi connectivity index (χ1) is 14.1. The van der Waals surface area contributed by atoms with Gasteiger partial charge >= 0.3 is 0 Å². The first kappa shape index (κ1) is 24.6. The largest absolute Gasteiger partial charge is 0.381 e. The average Bonchev–Trinajstić information content (AvgIpc) is 2.76. The number of guanidine groups is 1. The molecule has 5 nitrogen and oxygen atoms in total. The molecule has 1 aliphatic heterocycles. The molecule has 1 N–H and O–H groups in total. The first-order valence-electron chi connectivity index (χ1n) is 10.4. The zero-order valence-electron chi connectivity index (χ0n) is 18.3. The zero-order chi connectivity index (χ0) is 20.5. The molecule has 6 heteroatoms. The molecule has 0 unspecified atom stereocenters. The number of aliphatic imine (C=N–C) groups is 1. The normalized spacial score (nSPS) is 14.8. The van der Waals surface area contributed by atoms with Crippen LogP contribution in [0, 0.1) is 6.92 Å². The molecule has 0 saturated carbocycles. The molecule has 2 aromatic carbocycles. The summed E-state index contributed by atoms with van der Waals surface area (Å²) in [5.41, 5.74) is 4.99.